The van der Waals surface area contributed by atoms with Gasteiger partial charge in [0.05, 0.1) is 38.3 Å². The zero-order valence-electron chi connectivity index (χ0n) is 15.6. The van der Waals surface area contributed by atoms with Crippen LogP contribution in [0, 0.1) is 30.3 Å². The molecule has 3 rings (SSSR count). The number of hydrogen-bond acceptors (Lipinski definition) is 8. The lowest BCUT2D eigenvalue weighted by Gasteiger charge is -2.33. The highest BCUT2D eigenvalue weighted by atomic mass is 16.6. The van der Waals surface area contributed by atoms with E-state index in [2.05, 4.69) is 0 Å². The molecule has 0 spiro atoms. The molecule has 0 aliphatic heterocycles. The van der Waals surface area contributed by atoms with Gasteiger partial charge in [0.2, 0.25) is 12.1 Å². The van der Waals surface area contributed by atoms with Crippen LogP contribution >= 0.6 is 0 Å². The molecule has 31 heavy (non-hydrogen) atoms. The minimum atomic E-state index is -1.01. The van der Waals surface area contributed by atoms with E-state index in [0.29, 0.717) is 28.5 Å². The maximum atomic E-state index is 12.2. The van der Waals surface area contributed by atoms with Crippen LogP contribution in [0.5, 0.6) is 0 Å². The maximum absolute atomic E-state index is 12.2. The fraction of sp³-hybridized carbons (Fsp3) is 0. The molecule has 0 radical (unpaired) electrons. The number of para-hydroxylation sites is 2. The third-order valence-corrected chi connectivity index (χ3v) is 4.20. The van der Waals surface area contributed by atoms with E-state index >= 15 is 0 Å². The predicted octanol–water partition coefficient (Wildman–Crippen LogP) is 4.13. The van der Waals surface area contributed by atoms with Crippen molar-refractivity contribution in [2.24, 2.45) is 0 Å². The summed E-state index contributed by atoms with van der Waals surface area (Å²) in [6, 6.07) is 17.5. The molecule has 0 aromatic heterocycles. The van der Waals surface area contributed by atoms with Gasteiger partial charge < -0.3 is 0 Å². The molecule has 0 fully saturated rings. The van der Waals surface area contributed by atoms with Crippen LogP contribution in [0.25, 0.3) is 0 Å². The van der Waals surface area contributed by atoms with E-state index in [1.807, 2.05) is 0 Å². The van der Waals surface area contributed by atoms with Gasteiger partial charge in [-0.3, -0.25) is 35.1 Å². The lowest BCUT2D eigenvalue weighted by Crippen LogP contribution is -2.39. The van der Waals surface area contributed by atoms with Crippen LogP contribution in [0.4, 0.5) is 34.1 Å². The van der Waals surface area contributed by atoms with Crippen molar-refractivity contribution < 1.29 is 19.6 Å². The molecule has 0 N–H and O–H groups in total. The summed E-state index contributed by atoms with van der Waals surface area (Å²) in [5, 5.41) is 36.4. The number of carbonyl (C=O) groups excluding carboxylic acids is 1. The lowest BCUT2D eigenvalue weighted by atomic mass is 10.2. The Hall–Kier alpha value is -4.87. The Morgan fingerprint density at radius 2 is 1.10 bits per heavy atom. The normalized spacial score (nSPS) is 10.2. The molecule has 0 aliphatic carbocycles. The van der Waals surface area contributed by atoms with Crippen molar-refractivity contribution in [2.75, 3.05) is 10.0 Å². The molecule has 0 aliphatic rings. The fourth-order valence-corrected chi connectivity index (χ4v) is 2.94. The van der Waals surface area contributed by atoms with E-state index in [1.165, 1.54) is 5.01 Å². The van der Waals surface area contributed by atoms with Crippen molar-refractivity contribution in [2.45, 2.75) is 0 Å². The van der Waals surface area contributed by atoms with Crippen LogP contribution in [-0.4, -0.2) is 21.2 Å². The highest BCUT2D eigenvalue weighted by Crippen LogP contribution is 2.43. The van der Waals surface area contributed by atoms with Gasteiger partial charge in [-0.1, -0.05) is 36.4 Å². The molecule has 0 atom stereocenters. The Morgan fingerprint density at radius 3 is 1.42 bits per heavy atom. The number of hydrazine groups is 1. The molecule has 0 heterocycles. The quantitative estimate of drug-likeness (QED) is 0.298. The zero-order valence-corrected chi connectivity index (χ0v) is 15.6. The molecule has 156 valence electrons. The standard InChI is InChI=1S/C19H13N5O7/c25-13-20(21(14-7-3-1-4-8-14)15-9-5-2-6-10-15)19-17(23(28)29)11-16(22(26)27)12-18(19)24(30)31/h1-13H. The summed E-state index contributed by atoms with van der Waals surface area (Å²) < 4.78 is 0. The van der Waals surface area contributed by atoms with Gasteiger partial charge in [-0.2, -0.15) is 0 Å². The average molecular weight is 423 g/mol. The molecule has 3 aromatic carbocycles. The van der Waals surface area contributed by atoms with Crippen LogP contribution in [0.3, 0.4) is 0 Å². The molecule has 0 saturated carbocycles. The Morgan fingerprint density at radius 1 is 0.677 bits per heavy atom. The van der Waals surface area contributed by atoms with Crippen molar-refractivity contribution in [3.05, 3.63) is 103 Å². The summed E-state index contributed by atoms with van der Waals surface area (Å²) >= 11 is 0. The van der Waals surface area contributed by atoms with Gasteiger partial charge >= 0.3 is 11.4 Å². The van der Waals surface area contributed by atoms with E-state index in [9.17, 15) is 35.1 Å². The number of anilines is 3. The zero-order chi connectivity index (χ0) is 22.5. The van der Waals surface area contributed by atoms with Crippen molar-refractivity contribution in [3.8, 4) is 0 Å². The first-order chi connectivity index (χ1) is 14.8. The van der Waals surface area contributed by atoms with Crippen molar-refractivity contribution in [1.82, 2.24) is 0 Å². The van der Waals surface area contributed by atoms with Crippen LogP contribution in [0.1, 0.15) is 0 Å². The smallest absolute Gasteiger partial charge is 0.276 e. The largest absolute Gasteiger partial charge is 0.308 e. The first-order valence-corrected chi connectivity index (χ1v) is 8.61. The second-order valence-electron chi connectivity index (χ2n) is 6.04. The number of nitro benzene ring substituents is 3. The van der Waals surface area contributed by atoms with Gasteiger partial charge in [0.25, 0.3) is 5.69 Å². The highest BCUT2D eigenvalue weighted by Gasteiger charge is 2.37. The van der Waals surface area contributed by atoms with Crippen molar-refractivity contribution in [3.63, 3.8) is 0 Å². The maximum Gasteiger partial charge on any atom is 0.308 e. The predicted molar refractivity (Wildman–Crippen MR) is 110 cm³/mol. The van der Waals surface area contributed by atoms with Crippen molar-refractivity contribution in [1.29, 1.82) is 0 Å². The highest BCUT2D eigenvalue weighted by molar-refractivity contribution is 5.93. The molecule has 12 heteroatoms. The molecule has 0 saturated heterocycles. The van der Waals surface area contributed by atoms with E-state index in [4.69, 9.17) is 0 Å². The summed E-state index contributed by atoms with van der Waals surface area (Å²) in [5.41, 5.74) is -2.78. The number of nitro groups is 3. The van der Waals surface area contributed by atoms with E-state index in [1.54, 1.807) is 60.7 Å². The third kappa shape index (κ3) is 4.12. The molecular formula is C19H13N5O7. The summed E-state index contributed by atoms with van der Waals surface area (Å²) in [5.74, 6) is 0. The summed E-state index contributed by atoms with van der Waals surface area (Å²) in [6.45, 7) is 0. The summed E-state index contributed by atoms with van der Waals surface area (Å²) in [7, 11) is 0. The van der Waals surface area contributed by atoms with Gasteiger partial charge in [0.15, 0.2) is 0 Å². The van der Waals surface area contributed by atoms with Gasteiger partial charge in [-0.05, 0) is 24.3 Å². The molecule has 12 nitrogen and oxygen atoms in total. The second-order valence-corrected chi connectivity index (χ2v) is 6.04. The van der Waals surface area contributed by atoms with Gasteiger partial charge in [-0.25, -0.2) is 10.0 Å². The Balaban J connectivity index is 2.36. The number of non-ortho nitro benzene ring substituents is 1. The monoisotopic (exact) mass is 423 g/mol. The number of benzene rings is 3. The average Bonchev–Trinajstić information content (AvgIpc) is 2.77. The minimum Gasteiger partial charge on any atom is -0.276 e. The van der Waals surface area contributed by atoms with Crippen LogP contribution in [0.2, 0.25) is 0 Å². The second kappa shape index (κ2) is 8.65. The van der Waals surface area contributed by atoms with Gasteiger partial charge in [0, 0.05) is 0 Å². The van der Waals surface area contributed by atoms with E-state index in [0.717, 1.165) is 0 Å². The SMILES string of the molecule is O=CN(c1c([N+](=O)[O-])cc([N+](=O)[O-])cc1[N+](=O)[O-])N(c1ccccc1)c1ccccc1. The molecule has 0 bridgehead atoms. The van der Waals surface area contributed by atoms with Crippen molar-refractivity contribution >= 4 is 40.5 Å². The molecule has 3 aromatic rings. The summed E-state index contributed by atoms with van der Waals surface area (Å²) in [4.78, 5) is 43.7. The molecular weight excluding hydrogens is 410 g/mol. The topological polar surface area (TPSA) is 153 Å². The lowest BCUT2D eigenvalue weighted by molar-refractivity contribution is -0.402. The first-order valence-electron chi connectivity index (χ1n) is 8.61. The first kappa shape index (κ1) is 20.9. The Kier molecular flexibility index (Phi) is 5.82. The molecule has 1 amide bonds. The minimum absolute atomic E-state index is 0.168. The number of amides is 1. The Labute approximate surface area is 174 Å². The summed E-state index contributed by atoms with van der Waals surface area (Å²) in [6.07, 6.45) is 0.168. The van der Waals surface area contributed by atoms with E-state index in [-0.39, 0.29) is 6.41 Å². The van der Waals surface area contributed by atoms with Gasteiger partial charge in [0.1, 0.15) is 0 Å². The fourth-order valence-electron chi connectivity index (χ4n) is 2.94. The van der Waals surface area contributed by atoms with Gasteiger partial charge in [-0.15, -0.1) is 0 Å². The number of nitrogens with zero attached hydrogens (tertiary/aromatic N) is 5. The molecule has 0 unspecified atom stereocenters. The third-order valence-electron chi connectivity index (χ3n) is 4.20. The number of rotatable bonds is 8. The number of carbonyl (C=O) groups is 1. The van der Waals surface area contributed by atoms with E-state index < -0.39 is 37.5 Å². The Bertz CT molecular complexity index is 1080. The van der Waals surface area contributed by atoms with Crippen LogP contribution < -0.4 is 10.0 Å². The van der Waals surface area contributed by atoms with Crippen LogP contribution in [-0.2, 0) is 4.79 Å². The van der Waals surface area contributed by atoms with Crippen LogP contribution in [0.15, 0.2) is 72.8 Å². The number of hydrogen-bond donors (Lipinski definition) is 0.